The highest BCUT2D eigenvalue weighted by Crippen LogP contribution is 2.64. The van der Waals surface area contributed by atoms with Gasteiger partial charge >= 0.3 is 5.97 Å². The van der Waals surface area contributed by atoms with E-state index in [0.29, 0.717) is 11.3 Å². The van der Waals surface area contributed by atoms with Crippen LogP contribution in [0.2, 0.25) is 0 Å². The average Bonchev–Trinajstić information content (AvgIpc) is 3.02. The lowest BCUT2D eigenvalue weighted by atomic mass is 10.1. The summed E-state index contributed by atoms with van der Waals surface area (Å²) in [5, 5.41) is 0. The first kappa shape index (κ1) is 19.0. The number of alkyl halides is 2. The van der Waals surface area contributed by atoms with Crippen molar-refractivity contribution in [2.24, 2.45) is 5.41 Å². The fraction of sp³-hybridized carbons (Fsp3) is 0.467. The monoisotopic (exact) mass is 393 g/mol. The number of rotatable bonds is 6. The normalized spacial score (nSPS) is 21.9. The van der Waals surface area contributed by atoms with Gasteiger partial charge in [-0.05, 0) is 31.2 Å². The Morgan fingerprint density at radius 1 is 1.25 bits per heavy atom. The third kappa shape index (κ3) is 3.68. The Labute approximate surface area is 150 Å². The molecule has 0 bridgehead atoms. The summed E-state index contributed by atoms with van der Waals surface area (Å²) in [6.45, 7) is 1.15. The number of carbonyl (C=O) groups excluding carboxylic acids is 2. The van der Waals surface area contributed by atoms with Gasteiger partial charge in [-0.25, -0.2) is 8.42 Å². The summed E-state index contributed by atoms with van der Waals surface area (Å²) < 4.78 is 27.9. The molecule has 1 aromatic carbocycles. The van der Waals surface area contributed by atoms with Crippen LogP contribution in [0.5, 0.6) is 0 Å². The molecule has 0 heterocycles. The molecule has 0 N–H and O–H groups in total. The molecule has 24 heavy (non-hydrogen) atoms. The summed E-state index contributed by atoms with van der Waals surface area (Å²) in [6.07, 6.45) is 1.36. The lowest BCUT2D eigenvalue weighted by molar-refractivity contribution is -0.148. The summed E-state index contributed by atoms with van der Waals surface area (Å²) in [7, 11) is -1.97. The fourth-order valence-electron chi connectivity index (χ4n) is 2.04. The lowest BCUT2D eigenvalue weighted by Gasteiger charge is -2.16. The van der Waals surface area contributed by atoms with Crippen molar-refractivity contribution in [2.75, 3.05) is 24.2 Å². The number of nitrogens with zero attached hydrogens (tertiary/aromatic N) is 1. The molecule has 9 heteroatoms. The van der Waals surface area contributed by atoms with Gasteiger partial charge in [-0.2, -0.15) is 0 Å². The van der Waals surface area contributed by atoms with Crippen molar-refractivity contribution in [3.8, 4) is 0 Å². The number of hydrogen-bond acceptors (Lipinski definition) is 5. The van der Waals surface area contributed by atoms with Crippen LogP contribution in [0.3, 0.4) is 0 Å². The molecular weight excluding hydrogens is 377 g/mol. The van der Waals surface area contributed by atoms with Crippen molar-refractivity contribution in [2.45, 2.75) is 17.7 Å². The zero-order valence-corrected chi connectivity index (χ0v) is 15.7. The highest BCUT2D eigenvalue weighted by molar-refractivity contribution is 7.92. The number of esters is 1. The maximum Gasteiger partial charge on any atom is 0.315 e. The maximum atomic E-state index is 12.1. The van der Waals surface area contributed by atoms with Gasteiger partial charge in [-0.3, -0.25) is 13.9 Å². The van der Waals surface area contributed by atoms with Crippen molar-refractivity contribution in [1.82, 2.24) is 0 Å². The van der Waals surface area contributed by atoms with E-state index in [-0.39, 0.29) is 6.42 Å². The van der Waals surface area contributed by atoms with Crippen LogP contribution in [-0.2, 0) is 19.6 Å². The molecule has 1 atom stereocenters. The van der Waals surface area contributed by atoms with Gasteiger partial charge in [-0.1, -0.05) is 0 Å². The van der Waals surface area contributed by atoms with Crippen LogP contribution < -0.4 is 4.31 Å². The molecule has 2 rings (SSSR count). The topological polar surface area (TPSA) is 80.8 Å². The van der Waals surface area contributed by atoms with E-state index in [9.17, 15) is 18.0 Å². The van der Waals surface area contributed by atoms with E-state index in [1.54, 1.807) is 6.92 Å². The number of carbonyl (C=O) groups is 2. The standard InChI is InChI=1S/C15H17Cl2NO5S/c1-14(9-15(14,16)17)13(20)23-8-12(19)10-4-6-11(7-5-10)18(2)24(3,21)22/h4-7H,8-9H2,1-3H3/t14-/m0/s1. The van der Waals surface area contributed by atoms with Gasteiger partial charge in [0.1, 0.15) is 9.75 Å². The molecule has 132 valence electrons. The first-order chi connectivity index (χ1) is 10.9. The predicted octanol–water partition coefficient (Wildman–Crippen LogP) is 2.39. The number of sulfonamides is 1. The number of ketones is 1. The van der Waals surface area contributed by atoms with Gasteiger partial charge in [0.05, 0.1) is 11.9 Å². The Bertz CT molecular complexity index is 776. The molecule has 1 aliphatic carbocycles. The zero-order chi connectivity index (χ0) is 18.3. The molecule has 1 saturated carbocycles. The fourth-order valence-corrected chi connectivity index (χ4v) is 3.24. The highest BCUT2D eigenvalue weighted by Gasteiger charge is 2.69. The van der Waals surface area contributed by atoms with E-state index < -0.39 is 38.1 Å². The highest BCUT2D eigenvalue weighted by atomic mass is 35.5. The number of ether oxygens (including phenoxy) is 1. The SMILES string of the molecule is CN(c1ccc(C(=O)COC(=O)[C@]2(C)CC2(Cl)Cl)cc1)S(C)(=O)=O. The predicted molar refractivity (Wildman–Crippen MR) is 92.1 cm³/mol. The van der Waals surface area contributed by atoms with Crippen LogP contribution in [0, 0.1) is 5.41 Å². The van der Waals surface area contributed by atoms with Crippen molar-refractivity contribution in [3.05, 3.63) is 29.8 Å². The van der Waals surface area contributed by atoms with Crippen LogP contribution in [0.4, 0.5) is 5.69 Å². The first-order valence-electron chi connectivity index (χ1n) is 7.01. The first-order valence-corrected chi connectivity index (χ1v) is 9.61. The molecular formula is C15H17Cl2NO5S. The van der Waals surface area contributed by atoms with Crippen molar-refractivity contribution >= 4 is 50.7 Å². The minimum absolute atomic E-state index is 0.280. The largest absolute Gasteiger partial charge is 0.457 e. The van der Waals surface area contributed by atoms with E-state index in [1.165, 1.54) is 31.3 Å². The second kappa shape index (κ2) is 6.20. The van der Waals surface area contributed by atoms with Crippen LogP contribution in [-0.4, -0.2) is 44.4 Å². The summed E-state index contributed by atoms with van der Waals surface area (Å²) in [5.41, 5.74) is -0.263. The summed E-state index contributed by atoms with van der Waals surface area (Å²) in [4.78, 5) is 24.0. The Hall–Kier alpha value is -1.31. The van der Waals surface area contributed by atoms with E-state index >= 15 is 0 Å². The molecule has 0 unspecified atom stereocenters. The van der Waals surface area contributed by atoms with Crippen molar-refractivity contribution in [1.29, 1.82) is 0 Å². The number of hydrogen-bond donors (Lipinski definition) is 0. The Morgan fingerprint density at radius 2 is 1.75 bits per heavy atom. The van der Waals surface area contributed by atoms with Gasteiger partial charge < -0.3 is 4.74 Å². The number of halogens is 2. The van der Waals surface area contributed by atoms with Gasteiger partial charge in [0.2, 0.25) is 10.0 Å². The molecule has 0 aromatic heterocycles. The van der Waals surface area contributed by atoms with E-state index in [2.05, 4.69) is 0 Å². The van der Waals surface area contributed by atoms with E-state index in [4.69, 9.17) is 27.9 Å². The molecule has 0 spiro atoms. The smallest absolute Gasteiger partial charge is 0.315 e. The molecule has 1 aromatic rings. The van der Waals surface area contributed by atoms with Crippen LogP contribution in [0.1, 0.15) is 23.7 Å². The molecule has 0 aliphatic heterocycles. The van der Waals surface area contributed by atoms with E-state index in [1.807, 2.05) is 0 Å². The van der Waals surface area contributed by atoms with Crippen LogP contribution in [0.15, 0.2) is 24.3 Å². The van der Waals surface area contributed by atoms with Crippen molar-refractivity contribution in [3.63, 3.8) is 0 Å². The van der Waals surface area contributed by atoms with Gasteiger partial charge in [-0.15, -0.1) is 23.2 Å². The Kier molecular flexibility index (Phi) is 4.92. The minimum Gasteiger partial charge on any atom is -0.457 e. The van der Waals surface area contributed by atoms with Crippen LogP contribution in [0.25, 0.3) is 0 Å². The Balaban J connectivity index is 1.98. The lowest BCUT2D eigenvalue weighted by Crippen LogP contribution is -2.25. The minimum atomic E-state index is -3.38. The molecule has 6 nitrogen and oxygen atoms in total. The van der Waals surface area contributed by atoms with Gasteiger partial charge in [0.15, 0.2) is 12.4 Å². The number of Topliss-reactive ketones (excluding diaryl/α,β-unsaturated/α-hetero) is 1. The summed E-state index contributed by atoms with van der Waals surface area (Å²) >= 11 is 11.8. The number of anilines is 1. The second-order valence-electron chi connectivity index (χ2n) is 5.99. The molecule has 0 saturated heterocycles. The molecule has 0 radical (unpaired) electrons. The number of benzene rings is 1. The summed E-state index contributed by atoms with van der Waals surface area (Å²) in [6, 6.07) is 5.94. The van der Waals surface area contributed by atoms with Crippen LogP contribution >= 0.6 is 23.2 Å². The summed E-state index contributed by atoms with van der Waals surface area (Å²) in [5.74, 6) is -1.02. The molecule has 1 aliphatic rings. The maximum absolute atomic E-state index is 12.1. The third-order valence-electron chi connectivity index (χ3n) is 4.09. The molecule has 1 fully saturated rings. The third-order valence-corrected chi connectivity index (χ3v) is 6.40. The van der Waals surface area contributed by atoms with Gasteiger partial charge in [0, 0.05) is 19.0 Å². The molecule has 0 amide bonds. The van der Waals surface area contributed by atoms with E-state index in [0.717, 1.165) is 10.6 Å². The zero-order valence-electron chi connectivity index (χ0n) is 13.4. The second-order valence-corrected chi connectivity index (χ2v) is 9.49. The average molecular weight is 394 g/mol. The van der Waals surface area contributed by atoms with Crippen molar-refractivity contribution < 1.29 is 22.7 Å². The quantitative estimate of drug-likeness (QED) is 0.421. The van der Waals surface area contributed by atoms with Gasteiger partial charge in [0.25, 0.3) is 0 Å². The Morgan fingerprint density at radius 3 is 2.17 bits per heavy atom.